The standard InChI is InChI=1S/C11H13NO/c13-9-2-1-8-3-4-11(6-12-7-11)10(8)5-9/h1-2,5,12-13H,3-4,6-7H2. The quantitative estimate of drug-likeness (QED) is 0.620. The van der Waals surface area contributed by atoms with Gasteiger partial charge in [0.05, 0.1) is 0 Å². The second kappa shape index (κ2) is 2.26. The lowest BCUT2D eigenvalue weighted by atomic mass is 9.76. The number of benzene rings is 1. The highest BCUT2D eigenvalue weighted by atomic mass is 16.3. The highest BCUT2D eigenvalue weighted by Gasteiger charge is 2.43. The van der Waals surface area contributed by atoms with Crippen molar-refractivity contribution in [3.05, 3.63) is 29.3 Å². The molecule has 0 bridgehead atoms. The molecule has 0 aromatic heterocycles. The molecule has 2 aliphatic rings. The molecule has 2 nitrogen and oxygen atoms in total. The van der Waals surface area contributed by atoms with Crippen LogP contribution in [-0.4, -0.2) is 18.2 Å². The van der Waals surface area contributed by atoms with E-state index in [2.05, 4.69) is 11.4 Å². The summed E-state index contributed by atoms with van der Waals surface area (Å²) in [6.45, 7) is 2.17. The zero-order chi connectivity index (χ0) is 8.89. The first kappa shape index (κ1) is 7.39. The van der Waals surface area contributed by atoms with Crippen LogP contribution >= 0.6 is 0 Å². The van der Waals surface area contributed by atoms with Gasteiger partial charge >= 0.3 is 0 Å². The smallest absolute Gasteiger partial charge is 0.115 e. The molecule has 3 rings (SSSR count). The van der Waals surface area contributed by atoms with E-state index in [0.29, 0.717) is 11.2 Å². The highest BCUT2D eigenvalue weighted by molar-refractivity contribution is 5.46. The van der Waals surface area contributed by atoms with Gasteiger partial charge in [0, 0.05) is 18.5 Å². The summed E-state index contributed by atoms with van der Waals surface area (Å²) in [5.41, 5.74) is 3.18. The van der Waals surface area contributed by atoms with E-state index in [-0.39, 0.29) is 0 Å². The third-order valence-corrected chi connectivity index (χ3v) is 3.46. The summed E-state index contributed by atoms with van der Waals surface area (Å²) >= 11 is 0. The summed E-state index contributed by atoms with van der Waals surface area (Å²) in [5.74, 6) is 0.409. The molecule has 0 radical (unpaired) electrons. The number of phenols is 1. The van der Waals surface area contributed by atoms with Gasteiger partial charge in [-0.1, -0.05) is 6.07 Å². The predicted octanol–water partition coefficient (Wildman–Crippen LogP) is 1.18. The summed E-state index contributed by atoms with van der Waals surface area (Å²) in [4.78, 5) is 0. The molecule has 1 saturated heterocycles. The summed E-state index contributed by atoms with van der Waals surface area (Å²) in [5, 5.41) is 12.8. The Morgan fingerprint density at radius 2 is 2.15 bits per heavy atom. The maximum Gasteiger partial charge on any atom is 0.115 e. The lowest BCUT2D eigenvalue weighted by Gasteiger charge is -2.40. The SMILES string of the molecule is Oc1ccc2c(c1)C1(CC2)CNC1. The minimum Gasteiger partial charge on any atom is -0.508 e. The fourth-order valence-corrected chi connectivity index (χ4v) is 2.58. The van der Waals surface area contributed by atoms with Crippen LogP contribution in [0, 0.1) is 0 Å². The van der Waals surface area contributed by atoms with Gasteiger partial charge in [0.1, 0.15) is 5.75 Å². The molecule has 2 heteroatoms. The van der Waals surface area contributed by atoms with Crippen LogP contribution < -0.4 is 5.32 Å². The van der Waals surface area contributed by atoms with Gasteiger partial charge in [-0.3, -0.25) is 0 Å². The number of aromatic hydroxyl groups is 1. The second-order valence-electron chi connectivity index (χ2n) is 4.23. The maximum atomic E-state index is 9.43. The molecule has 0 amide bonds. The predicted molar refractivity (Wildman–Crippen MR) is 51.0 cm³/mol. The van der Waals surface area contributed by atoms with Crippen molar-refractivity contribution < 1.29 is 5.11 Å². The molecule has 13 heavy (non-hydrogen) atoms. The van der Waals surface area contributed by atoms with Crippen LogP contribution in [0.2, 0.25) is 0 Å². The van der Waals surface area contributed by atoms with E-state index in [4.69, 9.17) is 0 Å². The fraction of sp³-hybridized carbons (Fsp3) is 0.455. The van der Waals surface area contributed by atoms with Crippen molar-refractivity contribution in [2.45, 2.75) is 18.3 Å². The topological polar surface area (TPSA) is 32.3 Å². The Hall–Kier alpha value is -1.02. The Morgan fingerprint density at radius 3 is 2.85 bits per heavy atom. The number of hydrogen-bond donors (Lipinski definition) is 2. The Bertz CT molecular complexity index is 355. The molecule has 1 spiro atoms. The van der Waals surface area contributed by atoms with Gasteiger partial charge in [-0.25, -0.2) is 0 Å². The van der Waals surface area contributed by atoms with E-state index < -0.39 is 0 Å². The van der Waals surface area contributed by atoms with E-state index in [1.165, 1.54) is 24.0 Å². The van der Waals surface area contributed by atoms with Crippen LogP contribution in [0.15, 0.2) is 18.2 Å². The first-order valence-electron chi connectivity index (χ1n) is 4.83. The average Bonchev–Trinajstić information content (AvgIpc) is 2.41. The van der Waals surface area contributed by atoms with Crippen molar-refractivity contribution in [2.24, 2.45) is 0 Å². The fourth-order valence-electron chi connectivity index (χ4n) is 2.58. The lowest BCUT2D eigenvalue weighted by Crippen LogP contribution is -2.55. The molecule has 1 fully saturated rings. The Labute approximate surface area is 77.6 Å². The first-order valence-corrected chi connectivity index (χ1v) is 4.83. The highest BCUT2D eigenvalue weighted by Crippen LogP contribution is 2.42. The Kier molecular flexibility index (Phi) is 1.29. The minimum absolute atomic E-state index is 0.369. The largest absolute Gasteiger partial charge is 0.508 e. The Balaban J connectivity index is 2.14. The van der Waals surface area contributed by atoms with Crippen molar-refractivity contribution in [2.75, 3.05) is 13.1 Å². The van der Waals surface area contributed by atoms with Gasteiger partial charge in [0.25, 0.3) is 0 Å². The summed E-state index contributed by atoms with van der Waals surface area (Å²) in [6, 6.07) is 5.81. The zero-order valence-electron chi connectivity index (χ0n) is 7.51. The van der Waals surface area contributed by atoms with Crippen molar-refractivity contribution in [3.63, 3.8) is 0 Å². The molecule has 1 aromatic rings. The molecule has 0 atom stereocenters. The van der Waals surface area contributed by atoms with Gasteiger partial charge in [-0.15, -0.1) is 0 Å². The van der Waals surface area contributed by atoms with E-state index in [0.717, 1.165) is 13.1 Å². The van der Waals surface area contributed by atoms with Crippen molar-refractivity contribution in [3.8, 4) is 5.75 Å². The van der Waals surface area contributed by atoms with E-state index in [9.17, 15) is 5.11 Å². The van der Waals surface area contributed by atoms with E-state index >= 15 is 0 Å². The summed E-state index contributed by atoms with van der Waals surface area (Å²) < 4.78 is 0. The summed E-state index contributed by atoms with van der Waals surface area (Å²) in [6.07, 6.45) is 2.43. The number of fused-ring (bicyclic) bond motifs is 2. The van der Waals surface area contributed by atoms with Crippen LogP contribution in [0.1, 0.15) is 17.5 Å². The van der Waals surface area contributed by atoms with Crippen molar-refractivity contribution in [1.29, 1.82) is 0 Å². The molecule has 2 N–H and O–H groups in total. The zero-order valence-corrected chi connectivity index (χ0v) is 7.51. The van der Waals surface area contributed by atoms with Gasteiger partial charge in [0.2, 0.25) is 0 Å². The second-order valence-corrected chi connectivity index (χ2v) is 4.23. The third-order valence-electron chi connectivity index (χ3n) is 3.46. The van der Waals surface area contributed by atoms with Crippen molar-refractivity contribution in [1.82, 2.24) is 5.32 Å². The number of hydrogen-bond acceptors (Lipinski definition) is 2. The minimum atomic E-state index is 0.369. The maximum absolute atomic E-state index is 9.43. The van der Waals surface area contributed by atoms with E-state index in [1.807, 2.05) is 6.07 Å². The normalized spacial score (nSPS) is 22.8. The van der Waals surface area contributed by atoms with Gasteiger partial charge in [-0.2, -0.15) is 0 Å². The molecule has 1 aliphatic carbocycles. The third kappa shape index (κ3) is 0.866. The molecule has 1 aromatic carbocycles. The van der Waals surface area contributed by atoms with Crippen LogP contribution in [0.5, 0.6) is 5.75 Å². The number of aryl methyl sites for hydroxylation is 1. The molecule has 1 aliphatic heterocycles. The monoisotopic (exact) mass is 175 g/mol. The van der Waals surface area contributed by atoms with Gasteiger partial charge in [-0.05, 0) is 36.1 Å². The van der Waals surface area contributed by atoms with Crippen molar-refractivity contribution >= 4 is 0 Å². The number of rotatable bonds is 0. The average molecular weight is 175 g/mol. The molecule has 0 saturated carbocycles. The van der Waals surface area contributed by atoms with Crippen LogP contribution in [0.4, 0.5) is 0 Å². The van der Waals surface area contributed by atoms with Crippen LogP contribution in [0.25, 0.3) is 0 Å². The molecule has 0 unspecified atom stereocenters. The number of phenolic OH excluding ortho intramolecular Hbond substituents is 1. The molecular formula is C11H13NO. The molecular weight excluding hydrogens is 162 g/mol. The van der Waals surface area contributed by atoms with Crippen LogP contribution in [-0.2, 0) is 11.8 Å². The summed E-state index contributed by atoms with van der Waals surface area (Å²) in [7, 11) is 0. The molecule has 68 valence electrons. The van der Waals surface area contributed by atoms with Gasteiger partial charge < -0.3 is 10.4 Å². The lowest BCUT2D eigenvalue weighted by molar-refractivity contribution is 0.276. The van der Waals surface area contributed by atoms with E-state index in [1.54, 1.807) is 6.07 Å². The van der Waals surface area contributed by atoms with Gasteiger partial charge in [0.15, 0.2) is 0 Å². The Morgan fingerprint density at radius 1 is 1.31 bits per heavy atom. The molecule has 1 heterocycles. The van der Waals surface area contributed by atoms with Crippen LogP contribution in [0.3, 0.4) is 0 Å². The first-order chi connectivity index (χ1) is 6.30. The number of nitrogens with one attached hydrogen (secondary N) is 1.